The van der Waals surface area contributed by atoms with Gasteiger partial charge in [-0.1, -0.05) is 18.6 Å². The third kappa shape index (κ3) is 4.56. The summed E-state index contributed by atoms with van der Waals surface area (Å²) in [4.78, 5) is 16.8. The number of esters is 1. The van der Waals surface area contributed by atoms with E-state index in [0.29, 0.717) is 11.6 Å². The summed E-state index contributed by atoms with van der Waals surface area (Å²) in [5.41, 5.74) is 1.36. The Morgan fingerprint density at radius 3 is 2.96 bits per heavy atom. The van der Waals surface area contributed by atoms with Crippen LogP contribution in [0.3, 0.4) is 0 Å². The summed E-state index contributed by atoms with van der Waals surface area (Å²) in [6, 6.07) is 9.44. The summed E-state index contributed by atoms with van der Waals surface area (Å²) in [6.07, 6.45) is 4.80. The third-order valence-electron chi connectivity index (χ3n) is 4.93. The van der Waals surface area contributed by atoms with E-state index in [4.69, 9.17) is 10.00 Å². The predicted octanol–water partition coefficient (Wildman–Crippen LogP) is 2.58. The minimum absolute atomic E-state index is 0.287. The number of nitriles is 1. The number of nitrogens with zero attached hydrogens (tertiary/aromatic N) is 3. The molecule has 2 atom stereocenters. The van der Waals surface area contributed by atoms with Crippen molar-refractivity contribution in [2.75, 3.05) is 34.3 Å². The molecule has 0 radical (unpaired) electrons. The average Bonchev–Trinajstić information content (AvgIpc) is 2.61. The van der Waals surface area contributed by atoms with Crippen LogP contribution < -0.4 is 0 Å². The Labute approximate surface area is 144 Å². The van der Waals surface area contributed by atoms with Gasteiger partial charge < -0.3 is 9.64 Å². The van der Waals surface area contributed by atoms with Gasteiger partial charge in [-0.05, 0) is 57.6 Å². The van der Waals surface area contributed by atoms with Gasteiger partial charge >= 0.3 is 5.97 Å². The van der Waals surface area contributed by atoms with Crippen LogP contribution in [0.4, 0.5) is 0 Å². The van der Waals surface area contributed by atoms with E-state index in [1.807, 2.05) is 24.1 Å². The molecule has 1 aliphatic rings. The lowest BCUT2D eigenvalue weighted by molar-refractivity contribution is -0.146. The summed E-state index contributed by atoms with van der Waals surface area (Å²) < 4.78 is 5.00. The summed E-state index contributed by atoms with van der Waals surface area (Å²) in [5, 5.41) is 9.10. The first-order valence-corrected chi connectivity index (χ1v) is 8.55. The molecule has 0 aromatic heterocycles. The zero-order chi connectivity index (χ0) is 17.5. The van der Waals surface area contributed by atoms with Gasteiger partial charge in [0.25, 0.3) is 0 Å². The highest BCUT2D eigenvalue weighted by molar-refractivity contribution is 5.77. The number of likely N-dealkylation sites (N-methyl/N-ethyl adjacent to an activating group) is 1. The molecule has 1 aromatic carbocycles. The van der Waals surface area contributed by atoms with Gasteiger partial charge in [-0.15, -0.1) is 0 Å². The zero-order valence-electron chi connectivity index (χ0n) is 14.9. The topological polar surface area (TPSA) is 56.6 Å². The van der Waals surface area contributed by atoms with Crippen molar-refractivity contribution in [3.63, 3.8) is 0 Å². The number of piperidine rings is 1. The largest absolute Gasteiger partial charge is 0.468 e. The molecule has 1 aromatic rings. The van der Waals surface area contributed by atoms with E-state index in [-0.39, 0.29) is 5.97 Å². The van der Waals surface area contributed by atoms with E-state index in [2.05, 4.69) is 18.0 Å². The molecule has 1 aliphatic heterocycles. The standard InChI is InChI=1S/C19H27N3O2/c1-21-11-5-4-9-17(21)10-12-22(2)18(19(23)24-3)16-8-6-7-15(13-16)14-20/h6-8,13,17-18H,4-5,9-12H2,1-3H3. The fourth-order valence-corrected chi connectivity index (χ4v) is 3.45. The van der Waals surface area contributed by atoms with Crippen molar-refractivity contribution in [3.05, 3.63) is 35.4 Å². The summed E-state index contributed by atoms with van der Waals surface area (Å²) in [6.45, 7) is 1.96. The maximum Gasteiger partial charge on any atom is 0.327 e. The fourth-order valence-electron chi connectivity index (χ4n) is 3.45. The molecule has 130 valence electrons. The molecule has 0 N–H and O–H groups in total. The number of carbonyl (C=O) groups excluding carboxylic acids is 1. The number of rotatable bonds is 6. The SMILES string of the molecule is COC(=O)C(c1cccc(C#N)c1)N(C)CCC1CCCCN1C. The second kappa shape index (κ2) is 8.81. The van der Waals surface area contributed by atoms with Crippen LogP contribution in [0.1, 0.15) is 42.9 Å². The van der Waals surface area contributed by atoms with Gasteiger partial charge in [0.15, 0.2) is 0 Å². The lowest BCUT2D eigenvalue weighted by Gasteiger charge is -2.34. The smallest absolute Gasteiger partial charge is 0.327 e. The van der Waals surface area contributed by atoms with E-state index < -0.39 is 6.04 Å². The molecule has 2 unspecified atom stereocenters. The lowest BCUT2D eigenvalue weighted by atomic mass is 9.98. The third-order valence-corrected chi connectivity index (χ3v) is 4.93. The highest BCUT2D eigenvalue weighted by Gasteiger charge is 2.27. The number of hydrogen-bond donors (Lipinski definition) is 0. The molecular weight excluding hydrogens is 302 g/mol. The second-order valence-electron chi connectivity index (χ2n) is 6.56. The van der Waals surface area contributed by atoms with Gasteiger partial charge in [-0.2, -0.15) is 5.26 Å². The molecule has 0 spiro atoms. The number of benzene rings is 1. The molecule has 0 amide bonds. The van der Waals surface area contributed by atoms with E-state index in [1.54, 1.807) is 12.1 Å². The van der Waals surface area contributed by atoms with Crippen molar-refractivity contribution in [3.8, 4) is 6.07 Å². The van der Waals surface area contributed by atoms with Gasteiger partial charge in [0.1, 0.15) is 6.04 Å². The molecule has 1 fully saturated rings. The van der Waals surface area contributed by atoms with Gasteiger partial charge in [0.05, 0.1) is 18.7 Å². The summed E-state index contributed by atoms with van der Waals surface area (Å²) in [5.74, 6) is -0.287. The Kier molecular flexibility index (Phi) is 6.77. The van der Waals surface area contributed by atoms with E-state index in [0.717, 1.165) is 25.1 Å². The van der Waals surface area contributed by atoms with Crippen LogP contribution in [0, 0.1) is 11.3 Å². The van der Waals surface area contributed by atoms with Gasteiger partial charge in [-0.3, -0.25) is 4.90 Å². The first kappa shape index (κ1) is 18.4. The number of hydrogen-bond acceptors (Lipinski definition) is 5. The van der Waals surface area contributed by atoms with E-state index in [9.17, 15) is 4.79 Å². The molecule has 1 saturated heterocycles. The molecule has 0 bridgehead atoms. The van der Waals surface area contributed by atoms with Crippen molar-refractivity contribution in [2.45, 2.75) is 37.8 Å². The van der Waals surface area contributed by atoms with Crippen molar-refractivity contribution in [1.82, 2.24) is 9.80 Å². The Hall–Kier alpha value is -1.90. The monoisotopic (exact) mass is 329 g/mol. The van der Waals surface area contributed by atoms with Crippen LogP contribution in [0.5, 0.6) is 0 Å². The first-order valence-electron chi connectivity index (χ1n) is 8.55. The Morgan fingerprint density at radius 1 is 1.50 bits per heavy atom. The zero-order valence-corrected chi connectivity index (χ0v) is 14.9. The van der Waals surface area contributed by atoms with Crippen LogP contribution in [-0.4, -0.2) is 56.1 Å². The van der Waals surface area contributed by atoms with Crippen molar-refractivity contribution < 1.29 is 9.53 Å². The maximum atomic E-state index is 12.3. The maximum absolute atomic E-state index is 12.3. The average molecular weight is 329 g/mol. The highest BCUT2D eigenvalue weighted by atomic mass is 16.5. The summed E-state index contributed by atoms with van der Waals surface area (Å²) in [7, 11) is 5.54. The Balaban J connectivity index is 2.09. The Bertz CT molecular complexity index is 597. The quantitative estimate of drug-likeness (QED) is 0.751. The number of carbonyl (C=O) groups is 1. The molecule has 24 heavy (non-hydrogen) atoms. The molecular formula is C19H27N3O2. The van der Waals surface area contributed by atoms with Crippen molar-refractivity contribution >= 4 is 5.97 Å². The molecule has 5 nitrogen and oxygen atoms in total. The lowest BCUT2D eigenvalue weighted by Crippen LogP contribution is -2.40. The molecule has 1 heterocycles. The van der Waals surface area contributed by atoms with E-state index >= 15 is 0 Å². The first-order chi connectivity index (χ1) is 11.6. The van der Waals surface area contributed by atoms with Crippen LogP contribution in [0.25, 0.3) is 0 Å². The van der Waals surface area contributed by atoms with Crippen LogP contribution in [-0.2, 0) is 9.53 Å². The van der Waals surface area contributed by atoms with Gasteiger partial charge in [-0.25, -0.2) is 4.79 Å². The van der Waals surface area contributed by atoms with Crippen LogP contribution in [0.2, 0.25) is 0 Å². The van der Waals surface area contributed by atoms with Crippen molar-refractivity contribution in [2.24, 2.45) is 0 Å². The summed E-state index contributed by atoms with van der Waals surface area (Å²) >= 11 is 0. The minimum atomic E-state index is -0.475. The number of ether oxygens (including phenoxy) is 1. The Morgan fingerprint density at radius 2 is 2.29 bits per heavy atom. The van der Waals surface area contributed by atoms with Crippen molar-refractivity contribution in [1.29, 1.82) is 5.26 Å². The van der Waals surface area contributed by atoms with E-state index in [1.165, 1.54) is 26.4 Å². The number of likely N-dealkylation sites (tertiary alicyclic amines) is 1. The molecule has 2 rings (SSSR count). The van der Waals surface area contributed by atoms with Crippen LogP contribution in [0.15, 0.2) is 24.3 Å². The fraction of sp³-hybridized carbons (Fsp3) is 0.579. The highest BCUT2D eigenvalue weighted by Crippen LogP contribution is 2.24. The predicted molar refractivity (Wildman–Crippen MR) is 93.4 cm³/mol. The van der Waals surface area contributed by atoms with Gasteiger partial charge in [0, 0.05) is 12.6 Å². The molecule has 5 heteroatoms. The van der Waals surface area contributed by atoms with Gasteiger partial charge in [0.2, 0.25) is 0 Å². The normalized spacial score (nSPS) is 19.7. The molecule has 0 saturated carbocycles. The van der Waals surface area contributed by atoms with Crippen LogP contribution >= 0.6 is 0 Å². The number of methoxy groups -OCH3 is 1. The second-order valence-corrected chi connectivity index (χ2v) is 6.56. The minimum Gasteiger partial charge on any atom is -0.468 e. The molecule has 0 aliphatic carbocycles.